The SMILES string of the molecule is CC(C)Oc1nc(-c2ccccc2F)n(-c2cccc(NC(=O)c3ccc(F)cc3)c2)n1. The van der Waals surface area contributed by atoms with E-state index in [2.05, 4.69) is 15.4 Å². The van der Waals surface area contributed by atoms with Crippen molar-refractivity contribution in [2.75, 3.05) is 5.32 Å². The third-order valence-corrected chi connectivity index (χ3v) is 4.50. The van der Waals surface area contributed by atoms with Crippen molar-refractivity contribution in [3.63, 3.8) is 0 Å². The van der Waals surface area contributed by atoms with Crippen LogP contribution in [-0.4, -0.2) is 26.8 Å². The highest BCUT2D eigenvalue weighted by molar-refractivity contribution is 6.04. The fraction of sp³-hybridized carbons (Fsp3) is 0.125. The first-order valence-electron chi connectivity index (χ1n) is 9.96. The first kappa shape index (κ1) is 21.2. The van der Waals surface area contributed by atoms with Gasteiger partial charge in [0, 0.05) is 11.3 Å². The van der Waals surface area contributed by atoms with Crippen LogP contribution in [0.4, 0.5) is 14.5 Å². The number of benzene rings is 3. The van der Waals surface area contributed by atoms with Crippen LogP contribution in [0.3, 0.4) is 0 Å². The van der Waals surface area contributed by atoms with E-state index in [9.17, 15) is 13.6 Å². The molecule has 6 nitrogen and oxygen atoms in total. The highest BCUT2D eigenvalue weighted by atomic mass is 19.1. The van der Waals surface area contributed by atoms with E-state index in [1.807, 2.05) is 13.8 Å². The Kier molecular flexibility index (Phi) is 5.93. The number of anilines is 1. The van der Waals surface area contributed by atoms with Crippen molar-refractivity contribution in [2.24, 2.45) is 0 Å². The summed E-state index contributed by atoms with van der Waals surface area (Å²) in [5.41, 5.74) is 1.61. The molecular weight excluding hydrogens is 414 g/mol. The number of ether oxygens (including phenoxy) is 1. The summed E-state index contributed by atoms with van der Waals surface area (Å²) in [6, 6.07) is 18.5. The Morgan fingerprint density at radius 1 is 1.00 bits per heavy atom. The minimum Gasteiger partial charge on any atom is -0.460 e. The second-order valence-electron chi connectivity index (χ2n) is 7.29. The Morgan fingerprint density at radius 3 is 2.47 bits per heavy atom. The average molecular weight is 434 g/mol. The number of hydrogen-bond acceptors (Lipinski definition) is 4. The smallest absolute Gasteiger partial charge is 0.336 e. The lowest BCUT2D eigenvalue weighted by atomic mass is 10.2. The van der Waals surface area contributed by atoms with Gasteiger partial charge in [-0.15, -0.1) is 5.10 Å². The van der Waals surface area contributed by atoms with Gasteiger partial charge in [-0.3, -0.25) is 4.79 Å². The Bertz CT molecular complexity index is 1250. The number of amides is 1. The van der Waals surface area contributed by atoms with Crippen molar-refractivity contribution in [3.8, 4) is 23.1 Å². The van der Waals surface area contributed by atoms with E-state index in [0.717, 1.165) is 0 Å². The first-order valence-corrected chi connectivity index (χ1v) is 9.96. The van der Waals surface area contributed by atoms with E-state index in [1.165, 1.54) is 35.0 Å². The van der Waals surface area contributed by atoms with Gasteiger partial charge in [-0.2, -0.15) is 4.98 Å². The molecule has 0 radical (unpaired) electrons. The second kappa shape index (κ2) is 8.97. The van der Waals surface area contributed by atoms with Gasteiger partial charge < -0.3 is 10.1 Å². The molecule has 0 unspecified atom stereocenters. The number of rotatable bonds is 6. The van der Waals surface area contributed by atoms with Crippen LogP contribution in [0.5, 0.6) is 6.01 Å². The zero-order chi connectivity index (χ0) is 22.7. The fourth-order valence-corrected chi connectivity index (χ4v) is 3.07. The monoisotopic (exact) mass is 434 g/mol. The van der Waals surface area contributed by atoms with Gasteiger partial charge in [0.2, 0.25) is 0 Å². The van der Waals surface area contributed by atoms with E-state index in [4.69, 9.17) is 4.74 Å². The molecule has 1 amide bonds. The van der Waals surface area contributed by atoms with Gasteiger partial charge in [-0.05, 0) is 68.4 Å². The topological polar surface area (TPSA) is 69.0 Å². The van der Waals surface area contributed by atoms with Gasteiger partial charge in [-0.25, -0.2) is 13.5 Å². The van der Waals surface area contributed by atoms with Crippen molar-refractivity contribution < 1.29 is 18.3 Å². The van der Waals surface area contributed by atoms with Gasteiger partial charge in [0.25, 0.3) is 5.91 Å². The standard InChI is InChI=1S/C24H20F2N4O2/c1-15(2)32-24-28-22(20-8-3-4-9-21(20)26)30(29-24)19-7-5-6-18(14-19)27-23(31)16-10-12-17(25)13-11-16/h3-15H,1-2H3,(H,27,31). The molecule has 0 fully saturated rings. The van der Waals surface area contributed by atoms with Crippen molar-refractivity contribution in [2.45, 2.75) is 20.0 Å². The molecule has 0 spiro atoms. The predicted octanol–water partition coefficient (Wildman–Crippen LogP) is 5.25. The Balaban J connectivity index is 1.70. The minimum absolute atomic E-state index is 0.110. The number of carbonyl (C=O) groups is 1. The summed E-state index contributed by atoms with van der Waals surface area (Å²) < 4.78 is 34.7. The number of nitrogens with one attached hydrogen (secondary N) is 1. The number of nitrogens with zero attached hydrogens (tertiary/aromatic N) is 3. The maximum Gasteiger partial charge on any atom is 0.336 e. The summed E-state index contributed by atoms with van der Waals surface area (Å²) in [5, 5.41) is 7.16. The highest BCUT2D eigenvalue weighted by Crippen LogP contribution is 2.27. The van der Waals surface area contributed by atoms with Gasteiger partial charge in [-0.1, -0.05) is 18.2 Å². The summed E-state index contributed by atoms with van der Waals surface area (Å²) >= 11 is 0. The van der Waals surface area contributed by atoms with Crippen LogP contribution < -0.4 is 10.1 Å². The molecule has 0 saturated carbocycles. The lowest BCUT2D eigenvalue weighted by Gasteiger charge is -2.10. The molecule has 0 aliphatic rings. The highest BCUT2D eigenvalue weighted by Gasteiger charge is 2.18. The van der Waals surface area contributed by atoms with Gasteiger partial charge in [0.05, 0.1) is 17.4 Å². The zero-order valence-corrected chi connectivity index (χ0v) is 17.4. The fourth-order valence-electron chi connectivity index (χ4n) is 3.07. The van der Waals surface area contributed by atoms with Crippen molar-refractivity contribution in [1.82, 2.24) is 14.8 Å². The van der Waals surface area contributed by atoms with Gasteiger partial charge in [0.15, 0.2) is 5.82 Å². The molecule has 0 aliphatic heterocycles. The van der Waals surface area contributed by atoms with E-state index < -0.39 is 11.6 Å². The molecule has 0 bridgehead atoms. The van der Waals surface area contributed by atoms with Crippen LogP contribution in [0.1, 0.15) is 24.2 Å². The second-order valence-corrected chi connectivity index (χ2v) is 7.29. The first-order chi connectivity index (χ1) is 15.4. The molecule has 4 rings (SSSR count). The lowest BCUT2D eigenvalue weighted by Crippen LogP contribution is -2.12. The minimum atomic E-state index is -0.446. The van der Waals surface area contributed by atoms with Crippen LogP contribution in [0.2, 0.25) is 0 Å². The van der Waals surface area contributed by atoms with Crippen LogP contribution in [0.15, 0.2) is 72.8 Å². The Labute approximate surface area is 183 Å². The normalized spacial score (nSPS) is 10.9. The number of carbonyl (C=O) groups excluding carboxylic acids is 1. The summed E-state index contributed by atoms with van der Waals surface area (Å²) in [6.45, 7) is 3.68. The summed E-state index contributed by atoms with van der Waals surface area (Å²) in [4.78, 5) is 16.9. The molecule has 1 N–H and O–H groups in total. The number of hydrogen-bond donors (Lipinski definition) is 1. The van der Waals surface area contributed by atoms with Crippen LogP contribution >= 0.6 is 0 Å². The quantitative estimate of drug-likeness (QED) is 0.450. The van der Waals surface area contributed by atoms with Crippen LogP contribution in [0, 0.1) is 11.6 Å². The largest absolute Gasteiger partial charge is 0.460 e. The van der Waals surface area contributed by atoms with Crippen molar-refractivity contribution in [3.05, 3.63) is 90.0 Å². The van der Waals surface area contributed by atoms with E-state index in [-0.39, 0.29) is 29.4 Å². The molecule has 8 heteroatoms. The number of aromatic nitrogens is 3. The van der Waals surface area contributed by atoms with E-state index in [1.54, 1.807) is 42.5 Å². The molecule has 32 heavy (non-hydrogen) atoms. The molecule has 0 atom stereocenters. The molecule has 1 aromatic heterocycles. The van der Waals surface area contributed by atoms with Crippen molar-refractivity contribution >= 4 is 11.6 Å². The Hall–Kier alpha value is -4.07. The molecule has 0 aliphatic carbocycles. The zero-order valence-electron chi connectivity index (χ0n) is 17.4. The molecule has 3 aromatic carbocycles. The number of halogens is 2. The van der Waals surface area contributed by atoms with Crippen LogP contribution in [0.25, 0.3) is 17.1 Å². The molecule has 162 valence electrons. The van der Waals surface area contributed by atoms with Gasteiger partial charge >= 0.3 is 6.01 Å². The average Bonchev–Trinajstić information content (AvgIpc) is 3.17. The third kappa shape index (κ3) is 4.64. The summed E-state index contributed by atoms with van der Waals surface area (Å²) in [7, 11) is 0. The Morgan fingerprint density at radius 2 is 1.75 bits per heavy atom. The lowest BCUT2D eigenvalue weighted by molar-refractivity contribution is 0.102. The maximum absolute atomic E-state index is 14.5. The van der Waals surface area contributed by atoms with Crippen molar-refractivity contribution in [1.29, 1.82) is 0 Å². The molecule has 1 heterocycles. The van der Waals surface area contributed by atoms with E-state index in [0.29, 0.717) is 16.9 Å². The van der Waals surface area contributed by atoms with E-state index >= 15 is 0 Å². The third-order valence-electron chi connectivity index (χ3n) is 4.50. The molecule has 0 saturated heterocycles. The molecular formula is C24H20F2N4O2. The maximum atomic E-state index is 14.5. The predicted molar refractivity (Wildman–Crippen MR) is 117 cm³/mol. The van der Waals surface area contributed by atoms with Crippen LogP contribution in [-0.2, 0) is 0 Å². The van der Waals surface area contributed by atoms with Gasteiger partial charge in [0.1, 0.15) is 11.6 Å². The summed E-state index contributed by atoms with van der Waals surface area (Å²) in [5.74, 6) is -0.993. The summed E-state index contributed by atoms with van der Waals surface area (Å²) in [6.07, 6.45) is -0.166. The molecule has 4 aromatic rings.